The van der Waals surface area contributed by atoms with Crippen LogP contribution in [0.2, 0.25) is 5.02 Å². The molecule has 1 rings (SSSR count). The van der Waals surface area contributed by atoms with Crippen LogP contribution in [0.15, 0.2) is 0 Å². The molecule has 0 fully saturated rings. The Balaban J connectivity index is 2.86. The first-order valence-corrected chi connectivity index (χ1v) is 6.92. The van der Waals surface area contributed by atoms with Gasteiger partial charge in [-0.1, -0.05) is 31.9 Å². The minimum Gasteiger partial charge on any atom is -0.480 e. The van der Waals surface area contributed by atoms with E-state index in [-0.39, 0.29) is 0 Å². The molecule has 0 aliphatic carbocycles. The number of hydrogen-bond acceptors (Lipinski definition) is 3. The maximum Gasteiger partial charge on any atom is 0.323 e. The van der Waals surface area contributed by atoms with Crippen molar-refractivity contribution >= 4 is 17.6 Å². The van der Waals surface area contributed by atoms with E-state index in [1.807, 2.05) is 20.9 Å². The number of hydrogen-bond donors (Lipinski definition) is 2. The molecule has 5 nitrogen and oxygen atoms in total. The molecule has 6 heteroatoms. The fourth-order valence-corrected chi connectivity index (χ4v) is 2.42. The average Bonchev–Trinajstić information content (AvgIpc) is 2.62. The number of carbonyl (C=O) groups is 1. The molecule has 1 aromatic heterocycles. The van der Waals surface area contributed by atoms with Crippen molar-refractivity contribution in [3.63, 3.8) is 0 Å². The van der Waals surface area contributed by atoms with Gasteiger partial charge >= 0.3 is 5.97 Å². The lowest BCUT2D eigenvalue weighted by Crippen LogP contribution is -2.49. The molecule has 0 spiro atoms. The van der Waals surface area contributed by atoms with Gasteiger partial charge in [0, 0.05) is 13.6 Å². The standard InChI is InChI=1S/C13H22ClN3O2/c1-5-7-13(3,12(18)19)15-8-10-11(14)9(6-2)16-17(10)4/h15H,5-8H2,1-4H3,(H,18,19). The summed E-state index contributed by atoms with van der Waals surface area (Å²) in [6.07, 6.45) is 2.13. The lowest BCUT2D eigenvalue weighted by atomic mass is 9.96. The average molecular weight is 288 g/mol. The Hall–Kier alpha value is -1.07. The third-order valence-corrected chi connectivity index (χ3v) is 3.81. The molecular weight excluding hydrogens is 266 g/mol. The molecule has 1 unspecified atom stereocenters. The highest BCUT2D eigenvalue weighted by molar-refractivity contribution is 6.31. The number of aliphatic carboxylic acids is 1. The number of aromatic nitrogens is 2. The van der Waals surface area contributed by atoms with Crippen molar-refractivity contribution in [1.29, 1.82) is 0 Å². The summed E-state index contributed by atoms with van der Waals surface area (Å²) in [7, 11) is 1.82. The SMILES string of the molecule is CCCC(C)(NCc1c(Cl)c(CC)nn1C)C(=O)O. The maximum atomic E-state index is 11.3. The Bertz CT molecular complexity index is 459. The summed E-state index contributed by atoms with van der Waals surface area (Å²) in [4.78, 5) is 11.3. The minimum absolute atomic E-state index is 0.394. The van der Waals surface area contributed by atoms with Gasteiger partial charge in [-0.15, -0.1) is 0 Å². The van der Waals surface area contributed by atoms with Gasteiger partial charge < -0.3 is 5.11 Å². The van der Waals surface area contributed by atoms with Crippen LogP contribution >= 0.6 is 11.6 Å². The van der Waals surface area contributed by atoms with Crippen LogP contribution in [0.5, 0.6) is 0 Å². The summed E-state index contributed by atoms with van der Waals surface area (Å²) in [5, 5.41) is 17.3. The van der Waals surface area contributed by atoms with Crippen molar-refractivity contribution in [2.45, 2.75) is 52.1 Å². The molecule has 0 aliphatic rings. The molecule has 1 aromatic rings. The summed E-state index contributed by atoms with van der Waals surface area (Å²) < 4.78 is 1.71. The molecule has 0 saturated heterocycles. The third-order valence-electron chi connectivity index (χ3n) is 3.37. The number of carboxylic acids is 1. The zero-order chi connectivity index (χ0) is 14.6. The molecule has 1 atom stereocenters. The van der Waals surface area contributed by atoms with Crippen molar-refractivity contribution in [2.75, 3.05) is 0 Å². The van der Waals surface area contributed by atoms with Crippen LogP contribution in [0, 0.1) is 0 Å². The summed E-state index contributed by atoms with van der Waals surface area (Å²) in [6.45, 7) is 6.05. The fourth-order valence-electron chi connectivity index (χ4n) is 2.06. The smallest absolute Gasteiger partial charge is 0.323 e. The Labute approximate surface area is 118 Å². The van der Waals surface area contributed by atoms with Crippen LogP contribution in [0.1, 0.15) is 45.0 Å². The maximum absolute atomic E-state index is 11.3. The molecule has 0 bridgehead atoms. The van der Waals surface area contributed by atoms with Crippen molar-refractivity contribution in [1.82, 2.24) is 15.1 Å². The summed E-state index contributed by atoms with van der Waals surface area (Å²) in [5.74, 6) is -0.844. The molecule has 108 valence electrons. The Morgan fingerprint density at radius 3 is 2.58 bits per heavy atom. The molecule has 1 heterocycles. The third kappa shape index (κ3) is 3.48. The lowest BCUT2D eigenvalue weighted by molar-refractivity contribution is -0.144. The molecule has 0 aromatic carbocycles. The van der Waals surface area contributed by atoms with Gasteiger partial charge in [0.15, 0.2) is 0 Å². The van der Waals surface area contributed by atoms with Gasteiger partial charge in [0.1, 0.15) is 5.54 Å². The van der Waals surface area contributed by atoms with Crippen LogP contribution in [0.3, 0.4) is 0 Å². The summed E-state index contributed by atoms with van der Waals surface area (Å²) in [6, 6.07) is 0. The van der Waals surface area contributed by atoms with Crippen molar-refractivity contribution in [3.05, 3.63) is 16.4 Å². The van der Waals surface area contributed by atoms with Gasteiger partial charge in [-0.05, 0) is 19.8 Å². The molecule has 0 aliphatic heterocycles. The van der Waals surface area contributed by atoms with Crippen LogP contribution in [-0.4, -0.2) is 26.4 Å². The van der Waals surface area contributed by atoms with Crippen molar-refractivity contribution < 1.29 is 9.90 Å². The van der Waals surface area contributed by atoms with E-state index in [1.165, 1.54) is 0 Å². The van der Waals surface area contributed by atoms with Crippen LogP contribution < -0.4 is 5.32 Å². The Morgan fingerprint density at radius 1 is 1.53 bits per heavy atom. The first kappa shape index (κ1) is 16.0. The van der Waals surface area contributed by atoms with Gasteiger partial charge in [0.25, 0.3) is 0 Å². The van der Waals surface area contributed by atoms with E-state index < -0.39 is 11.5 Å². The molecule has 2 N–H and O–H groups in total. The second kappa shape index (κ2) is 6.39. The fraction of sp³-hybridized carbons (Fsp3) is 0.692. The van der Waals surface area contributed by atoms with Gasteiger partial charge in [-0.2, -0.15) is 5.10 Å². The number of carboxylic acid groups (broad SMARTS) is 1. The molecular formula is C13H22ClN3O2. The molecule has 0 saturated carbocycles. The normalized spacial score (nSPS) is 14.4. The number of rotatable bonds is 7. The largest absolute Gasteiger partial charge is 0.480 e. The van der Waals surface area contributed by atoms with Crippen molar-refractivity contribution in [2.24, 2.45) is 7.05 Å². The predicted molar refractivity (Wildman–Crippen MR) is 75.4 cm³/mol. The van der Waals surface area contributed by atoms with Gasteiger partial charge in [-0.3, -0.25) is 14.8 Å². The first-order valence-electron chi connectivity index (χ1n) is 6.54. The van der Waals surface area contributed by atoms with E-state index in [1.54, 1.807) is 11.6 Å². The second-order valence-corrected chi connectivity index (χ2v) is 5.30. The number of nitrogens with one attached hydrogen (secondary N) is 1. The van der Waals surface area contributed by atoms with Crippen molar-refractivity contribution in [3.8, 4) is 0 Å². The second-order valence-electron chi connectivity index (χ2n) is 4.93. The quantitative estimate of drug-likeness (QED) is 0.808. The Morgan fingerprint density at radius 2 is 2.16 bits per heavy atom. The van der Waals surface area contributed by atoms with E-state index in [0.29, 0.717) is 18.0 Å². The molecule has 0 radical (unpaired) electrons. The summed E-state index contributed by atoms with van der Waals surface area (Å²) >= 11 is 6.24. The van der Waals surface area contributed by atoms with E-state index in [4.69, 9.17) is 11.6 Å². The monoisotopic (exact) mass is 287 g/mol. The zero-order valence-corrected chi connectivity index (χ0v) is 12.7. The molecule has 0 amide bonds. The highest BCUT2D eigenvalue weighted by Gasteiger charge is 2.32. The number of aryl methyl sites for hydroxylation is 2. The highest BCUT2D eigenvalue weighted by atomic mass is 35.5. The van der Waals surface area contributed by atoms with E-state index >= 15 is 0 Å². The summed E-state index contributed by atoms with van der Waals surface area (Å²) in [5.41, 5.74) is 0.727. The van der Waals surface area contributed by atoms with Crippen LogP contribution in [0.4, 0.5) is 0 Å². The van der Waals surface area contributed by atoms with E-state index in [0.717, 1.165) is 24.2 Å². The van der Waals surface area contributed by atoms with Gasteiger partial charge in [0.2, 0.25) is 0 Å². The lowest BCUT2D eigenvalue weighted by Gasteiger charge is -2.26. The topological polar surface area (TPSA) is 67.2 Å². The number of halogens is 1. The first-order chi connectivity index (χ1) is 8.85. The predicted octanol–water partition coefficient (Wildman–Crippen LogP) is 2.37. The van der Waals surface area contributed by atoms with Gasteiger partial charge in [-0.25, -0.2) is 0 Å². The van der Waals surface area contributed by atoms with Crippen LogP contribution in [0.25, 0.3) is 0 Å². The minimum atomic E-state index is -0.936. The zero-order valence-electron chi connectivity index (χ0n) is 12.0. The molecule has 19 heavy (non-hydrogen) atoms. The van der Waals surface area contributed by atoms with E-state index in [9.17, 15) is 9.90 Å². The number of nitrogens with zero attached hydrogens (tertiary/aromatic N) is 2. The highest BCUT2D eigenvalue weighted by Crippen LogP contribution is 2.22. The van der Waals surface area contributed by atoms with Crippen LogP contribution in [-0.2, 0) is 24.8 Å². The van der Waals surface area contributed by atoms with E-state index in [2.05, 4.69) is 10.4 Å². The Kier molecular flexibility index (Phi) is 5.38. The van der Waals surface area contributed by atoms with Gasteiger partial charge in [0.05, 0.1) is 16.4 Å².